The summed E-state index contributed by atoms with van der Waals surface area (Å²) >= 11 is 6.27. The number of aromatic carboxylic acids is 1. The molecule has 1 amide bonds. The molecule has 0 atom stereocenters. The number of aromatic nitrogens is 1. The van der Waals surface area contributed by atoms with Gasteiger partial charge in [0.15, 0.2) is 5.69 Å². The maximum Gasteiger partial charge on any atom is 0.410 e. The van der Waals surface area contributed by atoms with Gasteiger partial charge in [0.05, 0.1) is 10.7 Å². The van der Waals surface area contributed by atoms with Gasteiger partial charge in [0.25, 0.3) is 0 Å². The van der Waals surface area contributed by atoms with Crippen LogP contribution in [0.2, 0.25) is 5.02 Å². The average Bonchev–Trinajstić information content (AvgIpc) is 2.54. The summed E-state index contributed by atoms with van der Waals surface area (Å²) in [6.07, 6.45) is 1.19. The Labute approximate surface area is 158 Å². The fourth-order valence-corrected chi connectivity index (χ4v) is 3.31. The first-order chi connectivity index (χ1) is 12.0. The zero-order chi connectivity index (χ0) is 19.6. The molecule has 1 saturated heterocycles. The van der Waals surface area contributed by atoms with Gasteiger partial charge in [-0.1, -0.05) is 11.6 Å². The van der Waals surface area contributed by atoms with E-state index in [4.69, 9.17) is 16.3 Å². The molecule has 144 valence electrons. The average molecular weight is 384 g/mol. The number of likely N-dealkylation sites (tertiary alicyclic amines) is 1. The lowest BCUT2D eigenvalue weighted by Gasteiger charge is -2.38. The van der Waals surface area contributed by atoms with Crippen molar-refractivity contribution in [2.45, 2.75) is 52.2 Å². The molecule has 1 aliphatic rings. The molecule has 2 rings (SSSR count). The van der Waals surface area contributed by atoms with E-state index in [1.807, 2.05) is 32.7 Å². The van der Waals surface area contributed by atoms with Crippen LogP contribution < -0.4 is 4.90 Å². The van der Waals surface area contributed by atoms with Crippen LogP contribution in [0.1, 0.15) is 49.8 Å². The first-order valence-electron chi connectivity index (χ1n) is 8.61. The van der Waals surface area contributed by atoms with Crippen LogP contribution in [0.3, 0.4) is 0 Å². The van der Waals surface area contributed by atoms with Gasteiger partial charge in [0.1, 0.15) is 5.60 Å². The van der Waals surface area contributed by atoms with E-state index >= 15 is 0 Å². The first kappa shape index (κ1) is 20.3. The molecule has 7 nitrogen and oxygen atoms in total. The highest BCUT2D eigenvalue weighted by Crippen LogP contribution is 2.32. The number of carboxylic acid groups (broad SMARTS) is 1. The van der Waals surface area contributed by atoms with E-state index in [0.29, 0.717) is 24.5 Å². The molecule has 2 heterocycles. The number of carbonyl (C=O) groups excluding carboxylic acids is 1. The summed E-state index contributed by atoms with van der Waals surface area (Å²) in [4.78, 5) is 31.2. The number of carbonyl (C=O) groups is 2. The Morgan fingerprint density at radius 1 is 1.35 bits per heavy atom. The van der Waals surface area contributed by atoms with Crippen LogP contribution in [-0.4, -0.2) is 58.8 Å². The van der Waals surface area contributed by atoms with Crippen molar-refractivity contribution in [3.63, 3.8) is 0 Å². The number of ether oxygens (including phenoxy) is 1. The standard InChI is InChI=1S/C18H26ClN3O4/c1-11-10-13(14(19)15(20-11)16(23)24)21(5)12-6-8-22(9-7-12)17(25)26-18(2,3)4/h10,12H,6-9H2,1-5H3,(H,23,24). The number of pyridine rings is 1. The highest BCUT2D eigenvalue weighted by molar-refractivity contribution is 6.35. The van der Waals surface area contributed by atoms with Gasteiger partial charge < -0.3 is 19.6 Å². The van der Waals surface area contributed by atoms with Crippen LogP contribution in [-0.2, 0) is 4.74 Å². The number of piperidine rings is 1. The van der Waals surface area contributed by atoms with Crippen molar-refractivity contribution in [3.8, 4) is 0 Å². The van der Waals surface area contributed by atoms with Crippen molar-refractivity contribution < 1.29 is 19.4 Å². The number of anilines is 1. The zero-order valence-corrected chi connectivity index (χ0v) is 16.6. The van der Waals surface area contributed by atoms with Gasteiger partial charge in [-0.05, 0) is 46.6 Å². The van der Waals surface area contributed by atoms with E-state index in [0.717, 1.165) is 12.8 Å². The number of carboxylic acids is 1. The smallest absolute Gasteiger partial charge is 0.410 e. The van der Waals surface area contributed by atoms with Crippen LogP contribution in [0.15, 0.2) is 6.07 Å². The summed E-state index contributed by atoms with van der Waals surface area (Å²) in [5.41, 5.74) is 0.590. The minimum Gasteiger partial charge on any atom is -0.476 e. The predicted molar refractivity (Wildman–Crippen MR) is 100 cm³/mol. The third-order valence-electron chi connectivity index (χ3n) is 4.31. The summed E-state index contributed by atoms with van der Waals surface area (Å²) < 4.78 is 5.41. The zero-order valence-electron chi connectivity index (χ0n) is 15.9. The quantitative estimate of drug-likeness (QED) is 0.858. The molecule has 0 unspecified atom stereocenters. The van der Waals surface area contributed by atoms with Crippen LogP contribution in [0, 0.1) is 6.92 Å². The summed E-state index contributed by atoms with van der Waals surface area (Å²) in [6, 6.07) is 1.93. The largest absolute Gasteiger partial charge is 0.476 e. The molecule has 0 aromatic carbocycles. The maximum atomic E-state index is 12.2. The Hall–Kier alpha value is -2.02. The van der Waals surface area contributed by atoms with Crippen LogP contribution >= 0.6 is 11.6 Å². The van der Waals surface area contributed by atoms with Crippen molar-refractivity contribution in [2.24, 2.45) is 0 Å². The van der Waals surface area contributed by atoms with Crippen molar-refractivity contribution in [1.82, 2.24) is 9.88 Å². The highest BCUT2D eigenvalue weighted by Gasteiger charge is 2.30. The summed E-state index contributed by atoms with van der Waals surface area (Å²) in [5, 5.41) is 9.41. The van der Waals surface area contributed by atoms with E-state index in [2.05, 4.69) is 4.98 Å². The van der Waals surface area contributed by atoms with Crippen molar-refractivity contribution in [2.75, 3.05) is 25.0 Å². The van der Waals surface area contributed by atoms with E-state index in [1.54, 1.807) is 17.9 Å². The molecule has 0 spiro atoms. The van der Waals surface area contributed by atoms with Crippen LogP contribution in [0.4, 0.5) is 10.5 Å². The summed E-state index contributed by atoms with van der Waals surface area (Å²) in [5.74, 6) is -1.15. The Kier molecular flexibility index (Phi) is 6.01. The van der Waals surface area contributed by atoms with E-state index < -0.39 is 11.6 Å². The number of amides is 1. The van der Waals surface area contributed by atoms with Crippen molar-refractivity contribution >= 4 is 29.4 Å². The Morgan fingerprint density at radius 3 is 2.42 bits per heavy atom. The normalized spacial score (nSPS) is 15.7. The second-order valence-electron chi connectivity index (χ2n) is 7.56. The van der Waals surface area contributed by atoms with Gasteiger partial charge in [-0.3, -0.25) is 0 Å². The SMILES string of the molecule is Cc1cc(N(C)C2CCN(C(=O)OC(C)(C)C)CC2)c(Cl)c(C(=O)O)n1. The molecule has 1 N–H and O–H groups in total. The number of hydrogen-bond acceptors (Lipinski definition) is 5. The molecular formula is C18H26ClN3O4. The third kappa shape index (κ3) is 4.78. The van der Waals surface area contributed by atoms with Gasteiger partial charge in [-0.2, -0.15) is 0 Å². The lowest BCUT2D eigenvalue weighted by atomic mass is 10.0. The number of nitrogens with zero attached hydrogens (tertiary/aromatic N) is 3. The minimum atomic E-state index is -1.15. The second-order valence-corrected chi connectivity index (χ2v) is 7.94. The fraction of sp³-hybridized carbons (Fsp3) is 0.611. The highest BCUT2D eigenvalue weighted by atomic mass is 35.5. The first-order valence-corrected chi connectivity index (χ1v) is 8.98. The van der Waals surface area contributed by atoms with Gasteiger partial charge in [-0.25, -0.2) is 14.6 Å². The lowest BCUT2D eigenvalue weighted by molar-refractivity contribution is 0.0205. The number of rotatable bonds is 3. The predicted octanol–water partition coefficient (Wildman–Crippen LogP) is 3.58. The lowest BCUT2D eigenvalue weighted by Crippen LogP contribution is -2.47. The number of aryl methyl sites for hydroxylation is 1. The monoisotopic (exact) mass is 383 g/mol. The van der Waals surface area contributed by atoms with E-state index in [1.165, 1.54) is 0 Å². The number of hydrogen-bond donors (Lipinski definition) is 1. The molecule has 0 radical (unpaired) electrons. The number of halogens is 1. The van der Waals surface area contributed by atoms with Gasteiger partial charge >= 0.3 is 12.1 Å². The van der Waals surface area contributed by atoms with Gasteiger partial charge in [0, 0.05) is 31.9 Å². The Bertz CT molecular complexity index is 694. The molecule has 26 heavy (non-hydrogen) atoms. The van der Waals surface area contributed by atoms with Gasteiger partial charge in [-0.15, -0.1) is 0 Å². The topological polar surface area (TPSA) is 83.0 Å². The van der Waals surface area contributed by atoms with Gasteiger partial charge in [0.2, 0.25) is 0 Å². The summed E-state index contributed by atoms with van der Waals surface area (Å²) in [6.45, 7) is 8.44. The van der Waals surface area contributed by atoms with Crippen molar-refractivity contribution in [3.05, 3.63) is 22.5 Å². The molecule has 1 aromatic heterocycles. The molecule has 1 aliphatic heterocycles. The molecular weight excluding hydrogens is 358 g/mol. The van der Waals surface area contributed by atoms with E-state index in [9.17, 15) is 14.7 Å². The maximum absolute atomic E-state index is 12.2. The summed E-state index contributed by atoms with van der Waals surface area (Å²) in [7, 11) is 1.89. The van der Waals surface area contributed by atoms with E-state index in [-0.39, 0.29) is 22.9 Å². The van der Waals surface area contributed by atoms with Crippen LogP contribution in [0.25, 0.3) is 0 Å². The molecule has 8 heteroatoms. The Morgan fingerprint density at radius 2 is 1.92 bits per heavy atom. The van der Waals surface area contributed by atoms with Crippen LogP contribution in [0.5, 0.6) is 0 Å². The molecule has 0 bridgehead atoms. The Balaban J connectivity index is 2.08. The molecule has 1 fully saturated rings. The fourth-order valence-electron chi connectivity index (χ4n) is 3.00. The molecule has 0 aliphatic carbocycles. The molecule has 0 saturated carbocycles. The second kappa shape index (κ2) is 7.70. The van der Waals surface area contributed by atoms with Crippen molar-refractivity contribution in [1.29, 1.82) is 0 Å². The minimum absolute atomic E-state index is 0.139. The molecule has 1 aromatic rings. The third-order valence-corrected chi connectivity index (χ3v) is 4.69.